The molecule has 36 heavy (non-hydrogen) atoms. The summed E-state index contributed by atoms with van der Waals surface area (Å²) in [6.45, 7) is 0. The third-order valence-corrected chi connectivity index (χ3v) is 7.49. The van der Waals surface area contributed by atoms with Gasteiger partial charge in [-0.3, -0.25) is 13.7 Å². The van der Waals surface area contributed by atoms with Gasteiger partial charge in [-0.05, 0) is 30.2 Å². The minimum absolute atomic E-state index is 0.0489. The van der Waals surface area contributed by atoms with E-state index >= 15 is 0 Å². The maximum absolute atomic E-state index is 11.3. The van der Waals surface area contributed by atoms with Gasteiger partial charge in [-0.2, -0.15) is 9.97 Å². The molecule has 186 valence electrons. The SMILES string of the molecule is O=P(O)(O)CC[C@H]1O[C@@H](n2cnc3c(-n4c5ccccc5c5ccccc54)nc(Cl)nc32)[C@@H](O)C1O. The Hall–Kier alpha value is -2.89. The van der Waals surface area contributed by atoms with Crippen LogP contribution < -0.4 is 0 Å². The number of fused-ring (bicyclic) bond motifs is 4. The van der Waals surface area contributed by atoms with E-state index in [9.17, 15) is 24.6 Å². The molecule has 4 heterocycles. The summed E-state index contributed by atoms with van der Waals surface area (Å²) in [5, 5.41) is 23.2. The van der Waals surface area contributed by atoms with Gasteiger partial charge in [0.05, 0.1) is 29.6 Å². The van der Waals surface area contributed by atoms with E-state index in [0.29, 0.717) is 11.3 Å². The maximum atomic E-state index is 11.3. The van der Waals surface area contributed by atoms with E-state index in [4.69, 9.17) is 16.3 Å². The van der Waals surface area contributed by atoms with Crippen molar-refractivity contribution in [3.8, 4) is 5.82 Å². The fourth-order valence-corrected chi connectivity index (χ4v) is 5.61. The lowest BCUT2D eigenvalue weighted by Gasteiger charge is -2.17. The molecule has 0 radical (unpaired) electrons. The van der Waals surface area contributed by atoms with Crippen molar-refractivity contribution in [1.29, 1.82) is 0 Å². The molecule has 6 rings (SSSR count). The van der Waals surface area contributed by atoms with Crippen LogP contribution in [0.4, 0.5) is 0 Å². The molecule has 11 nitrogen and oxygen atoms in total. The molecule has 2 aromatic carbocycles. The summed E-state index contributed by atoms with van der Waals surface area (Å²) in [5.74, 6) is 0.437. The van der Waals surface area contributed by atoms with Crippen LogP contribution in [0.1, 0.15) is 12.6 Å². The largest absolute Gasteiger partial charge is 0.388 e. The van der Waals surface area contributed by atoms with Crippen LogP contribution in [0.15, 0.2) is 54.9 Å². The number of para-hydroxylation sites is 2. The van der Waals surface area contributed by atoms with Crippen LogP contribution in [0.2, 0.25) is 5.28 Å². The van der Waals surface area contributed by atoms with E-state index in [0.717, 1.165) is 21.8 Å². The van der Waals surface area contributed by atoms with Gasteiger partial charge in [0.25, 0.3) is 0 Å². The highest BCUT2D eigenvalue weighted by Gasteiger charge is 2.44. The predicted molar refractivity (Wildman–Crippen MR) is 132 cm³/mol. The van der Waals surface area contributed by atoms with Gasteiger partial charge >= 0.3 is 7.60 Å². The molecule has 1 unspecified atom stereocenters. The number of imidazole rings is 1. The summed E-state index contributed by atoms with van der Waals surface area (Å²) in [6, 6.07) is 15.8. The van der Waals surface area contributed by atoms with E-state index in [2.05, 4.69) is 15.0 Å². The van der Waals surface area contributed by atoms with Crippen LogP contribution in [-0.2, 0) is 9.30 Å². The minimum Gasteiger partial charge on any atom is -0.388 e. The number of benzene rings is 2. The highest BCUT2D eigenvalue weighted by Crippen LogP contribution is 2.40. The van der Waals surface area contributed by atoms with Crippen LogP contribution in [0.25, 0.3) is 38.8 Å². The van der Waals surface area contributed by atoms with Gasteiger partial charge in [0, 0.05) is 10.8 Å². The molecule has 0 bridgehead atoms. The van der Waals surface area contributed by atoms with Crippen LogP contribution in [0.5, 0.6) is 0 Å². The normalized spacial score (nSPS) is 22.8. The highest BCUT2D eigenvalue weighted by molar-refractivity contribution is 7.51. The summed E-state index contributed by atoms with van der Waals surface area (Å²) in [4.78, 5) is 31.7. The Morgan fingerprint density at radius 1 is 0.972 bits per heavy atom. The van der Waals surface area contributed by atoms with Gasteiger partial charge in [-0.15, -0.1) is 0 Å². The fraction of sp³-hybridized carbons (Fsp3) is 0.261. The molecule has 4 N–H and O–H groups in total. The molecular formula is C23H21ClN5O6P. The Bertz CT molecular complexity index is 1610. The number of aliphatic hydroxyl groups is 2. The zero-order valence-electron chi connectivity index (χ0n) is 18.6. The van der Waals surface area contributed by atoms with Gasteiger partial charge in [0.15, 0.2) is 23.2 Å². The van der Waals surface area contributed by atoms with Gasteiger partial charge in [0.2, 0.25) is 5.28 Å². The van der Waals surface area contributed by atoms with Crippen molar-refractivity contribution < 1.29 is 29.3 Å². The Balaban J connectivity index is 1.48. The van der Waals surface area contributed by atoms with Crippen molar-refractivity contribution in [2.45, 2.75) is 31.0 Å². The molecule has 0 amide bonds. The Morgan fingerprint density at radius 2 is 1.61 bits per heavy atom. The number of ether oxygens (including phenoxy) is 1. The number of nitrogens with zero attached hydrogens (tertiary/aromatic N) is 5. The van der Waals surface area contributed by atoms with Crippen molar-refractivity contribution in [2.24, 2.45) is 0 Å². The highest BCUT2D eigenvalue weighted by atomic mass is 35.5. The third-order valence-electron chi connectivity index (χ3n) is 6.48. The molecule has 0 aliphatic carbocycles. The van der Waals surface area contributed by atoms with Crippen molar-refractivity contribution in [3.63, 3.8) is 0 Å². The summed E-state index contributed by atoms with van der Waals surface area (Å²) in [5.41, 5.74) is 2.47. The molecule has 0 saturated carbocycles. The molecule has 1 fully saturated rings. The monoisotopic (exact) mass is 529 g/mol. The molecule has 1 aliphatic rings. The standard InChI is InChI=1S/C23H21ClN5O6P/c24-23-26-20-17(25-11-28(20)22-19(31)18(30)16(35-22)9-10-36(32,33)34)21(27-23)29-14-7-3-1-5-12(14)13-6-2-4-8-15(13)29/h1-8,11,16,18-19,22,30-31H,9-10H2,(H2,32,33,34)/t16-,18?,19+,22-/m1/s1. The first kappa shape index (κ1) is 23.5. The molecule has 4 atom stereocenters. The average Bonchev–Trinajstić information content (AvgIpc) is 3.49. The van der Waals surface area contributed by atoms with Gasteiger partial charge in [-0.25, -0.2) is 4.98 Å². The lowest BCUT2D eigenvalue weighted by atomic mass is 10.1. The fourth-order valence-electron chi connectivity index (χ4n) is 4.86. The number of halogens is 1. The lowest BCUT2D eigenvalue weighted by Crippen LogP contribution is -2.31. The first-order valence-electron chi connectivity index (χ1n) is 11.2. The zero-order valence-corrected chi connectivity index (χ0v) is 20.2. The topological polar surface area (TPSA) is 156 Å². The molecule has 3 aromatic heterocycles. The van der Waals surface area contributed by atoms with E-state index in [1.54, 1.807) is 0 Å². The molecule has 1 aliphatic heterocycles. The van der Waals surface area contributed by atoms with E-state index in [1.165, 1.54) is 10.9 Å². The second-order valence-corrected chi connectivity index (χ2v) is 10.8. The Kier molecular flexibility index (Phi) is 5.62. The van der Waals surface area contributed by atoms with Gasteiger partial charge in [0.1, 0.15) is 12.2 Å². The second-order valence-electron chi connectivity index (χ2n) is 8.73. The number of aromatic nitrogens is 5. The second kappa shape index (κ2) is 8.60. The van der Waals surface area contributed by atoms with Gasteiger partial charge in [-0.1, -0.05) is 36.4 Å². The predicted octanol–water partition coefficient (Wildman–Crippen LogP) is 2.76. The van der Waals surface area contributed by atoms with Crippen LogP contribution in [-0.4, -0.2) is 68.6 Å². The van der Waals surface area contributed by atoms with Crippen molar-refractivity contribution in [3.05, 3.63) is 60.1 Å². The smallest absolute Gasteiger partial charge is 0.325 e. The first-order chi connectivity index (χ1) is 17.2. The number of rotatable bonds is 5. The molecule has 1 saturated heterocycles. The maximum Gasteiger partial charge on any atom is 0.325 e. The molecule has 5 aromatic rings. The van der Waals surface area contributed by atoms with Crippen LogP contribution in [0, 0.1) is 0 Å². The number of aliphatic hydroxyl groups excluding tert-OH is 2. The zero-order chi connectivity index (χ0) is 25.2. The van der Waals surface area contributed by atoms with Crippen molar-refractivity contribution >= 4 is 52.2 Å². The Morgan fingerprint density at radius 3 is 2.25 bits per heavy atom. The van der Waals surface area contributed by atoms with E-state index in [-0.39, 0.29) is 17.4 Å². The average molecular weight is 530 g/mol. The summed E-state index contributed by atoms with van der Waals surface area (Å²) >= 11 is 6.36. The van der Waals surface area contributed by atoms with Gasteiger partial charge < -0.3 is 24.7 Å². The van der Waals surface area contributed by atoms with Crippen molar-refractivity contribution in [1.82, 2.24) is 24.1 Å². The number of hydrogen-bond donors (Lipinski definition) is 4. The van der Waals surface area contributed by atoms with Crippen LogP contribution >= 0.6 is 19.2 Å². The molecular weight excluding hydrogens is 509 g/mol. The Labute approximate surface area is 208 Å². The van der Waals surface area contributed by atoms with Crippen molar-refractivity contribution in [2.75, 3.05) is 6.16 Å². The lowest BCUT2D eigenvalue weighted by molar-refractivity contribution is -0.0355. The quantitative estimate of drug-likeness (QED) is 0.198. The third kappa shape index (κ3) is 3.80. The van der Waals surface area contributed by atoms with E-state index in [1.807, 2.05) is 53.1 Å². The summed E-state index contributed by atoms with van der Waals surface area (Å²) in [6.07, 6.45) is -4.01. The summed E-state index contributed by atoms with van der Waals surface area (Å²) in [7, 11) is -4.30. The van der Waals surface area contributed by atoms with E-state index < -0.39 is 38.3 Å². The first-order valence-corrected chi connectivity index (χ1v) is 13.4. The summed E-state index contributed by atoms with van der Waals surface area (Å²) < 4.78 is 20.5. The molecule has 0 spiro atoms. The number of hydrogen-bond acceptors (Lipinski definition) is 7. The molecule has 13 heteroatoms. The minimum atomic E-state index is -4.30. The van der Waals surface area contributed by atoms with Crippen LogP contribution in [0.3, 0.4) is 0 Å².